The van der Waals surface area contributed by atoms with Gasteiger partial charge in [0.25, 0.3) is 11.8 Å². The minimum absolute atomic E-state index is 0.325. The Kier molecular flexibility index (Phi) is 4.93. The van der Waals surface area contributed by atoms with Crippen LogP contribution in [0.2, 0.25) is 5.02 Å². The highest BCUT2D eigenvalue weighted by molar-refractivity contribution is 6.33. The van der Waals surface area contributed by atoms with Crippen molar-refractivity contribution in [2.75, 3.05) is 7.11 Å². The highest BCUT2D eigenvalue weighted by atomic mass is 35.5. The van der Waals surface area contributed by atoms with Crippen LogP contribution in [0.1, 0.15) is 17.3 Å². The van der Waals surface area contributed by atoms with E-state index in [9.17, 15) is 9.59 Å². The summed E-state index contributed by atoms with van der Waals surface area (Å²) in [5, 5.41) is 2.84. The van der Waals surface area contributed by atoms with E-state index in [1.807, 2.05) is 0 Å². The summed E-state index contributed by atoms with van der Waals surface area (Å²) < 4.78 is 0. The Morgan fingerprint density at radius 3 is 2.59 bits per heavy atom. The Bertz CT molecular complexity index is 423. The molecule has 2 N–H and O–H groups in total. The lowest BCUT2D eigenvalue weighted by Crippen LogP contribution is -2.44. The first kappa shape index (κ1) is 13.5. The summed E-state index contributed by atoms with van der Waals surface area (Å²) in [5.41, 5.74) is 2.46. The first-order valence-corrected chi connectivity index (χ1v) is 5.32. The summed E-state index contributed by atoms with van der Waals surface area (Å²) >= 11 is 5.86. The Morgan fingerprint density at radius 2 is 2.00 bits per heavy atom. The molecule has 0 aliphatic rings. The fourth-order valence-corrected chi connectivity index (χ4v) is 1.40. The van der Waals surface area contributed by atoms with Gasteiger partial charge in [-0.25, -0.2) is 5.48 Å². The van der Waals surface area contributed by atoms with Crippen molar-refractivity contribution in [3.63, 3.8) is 0 Å². The van der Waals surface area contributed by atoms with Gasteiger partial charge in [0.2, 0.25) is 0 Å². The van der Waals surface area contributed by atoms with E-state index in [4.69, 9.17) is 11.6 Å². The SMILES string of the molecule is CONC(=O)[C@H](C)NC(=O)c1ccccc1Cl. The molecule has 0 aliphatic carbocycles. The minimum atomic E-state index is -0.710. The van der Waals surface area contributed by atoms with Gasteiger partial charge in [0.1, 0.15) is 6.04 Å². The van der Waals surface area contributed by atoms with Crippen LogP contribution in [0.15, 0.2) is 24.3 Å². The van der Waals surface area contributed by atoms with E-state index in [1.54, 1.807) is 31.2 Å². The van der Waals surface area contributed by atoms with Crippen molar-refractivity contribution in [2.24, 2.45) is 0 Å². The summed E-state index contributed by atoms with van der Waals surface area (Å²) in [6.07, 6.45) is 0. The Balaban J connectivity index is 2.67. The second-order valence-electron chi connectivity index (χ2n) is 3.35. The van der Waals surface area contributed by atoms with Crippen LogP contribution in [0.25, 0.3) is 0 Å². The Hall–Kier alpha value is -1.59. The molecule has 0 bridgehead atoms. The van der Waals surface area contributed by atoms with E-state index in [0.717, 1.165) is 0 Å². The number of benzene rings is 1. The molecule has 2 amide bonds. The molecule has 6 heteroatoms. The van der Waals surface area contributed by atoms with Crippen molar-refractivity contribution in [1.82, 2.24) is 10.8 Å². The number of halogens is 1. The number of amides is 2. The number of hydrogen-bond acceptors (Lipinski definition) is 3. The van der Waals surface area contributed by atoms with Gasteiger partial charge in [0, 0.05) is 0 Å². The molecule has 1 aromatic carbocycles. The number of nitrogens with one attached hydrogen (secondary N) is 2. The van der Waals surface area contributed by atoms with Crippen LogP contribution < -0.4 is 10.8 Å². The van der Waals surface area contributed by atoms with Gasteiger partial charge in [-0.3, -0.25) is 14.4 Å². The molecule has 1 aromatic rings. The lowest BCUT2D eigenvalue weighted by Gasteiger charge is -2.13. The summed E-state index contributed by atoms with van der Waals surface area (Å²) in [7, 11) is 1.32. The van der Waals surface area contributed by atoms with Gasteiger partial charge < -0.3 is 5.32 Å². The quantitative estimate of drug-likeness (QED) is 0.794. The third-order valence-corrected chi connectivity index (χ3v) is 2.39. The fourth-order valence-electron chi connectivity index (χ4n) is 1.17. The molecule has 1 atom stereocenters. The standard InChI is InChI=1S/C11H13ClN2O3/c1-7(10(15)14-17-2)13-11(16)8-5-3-4-6-9(8)12/h3-7H,1-2H3,(H,13,16)(H,14,15)/t7-/m0/s1. The molecule has 0 heterocycles. The monoisotopic (exact) mass is 256 g/mol. The highest BCUT2D eigenvalue weighted by Crippen LogP contribution is 2.14. The molecule has 0 aromatic heterocycles. The average molecular weight is 257 g/mol. The van der Waals surface area contributed by atoms with Crippen LogP contribution in [0.4, 0.5) is 0 Å². The van der Waals surface area contributed by atoms with E-state index in [-0.39, 0.29) is 0 Å². The van der Waals surface area contributed by atoms with Crippen molar-refractivity contribution in [2.45, 2.75) is 13.0 Å². The van der Waals surface area contributed by atoms with Gasteiger partial charge in [-0.1, -0.05) is 23.7 Å². The molecular weight excluding hydrogens is 244 g/mol. The molecule has 92 valence electrons. The molecule has 5 nitrogen and oxygen atoms in total. The van der Waals surface area contributed by atoms with Crippen LogP contribution in [0.5, 0.6) is 0 Å². The third kappa shape index (κ3) is 3.72. The number of hydroxylamine groups is 1. The number of carbonyl (C=O) groups excluding carboxylic acids is 2. The zero-order chi connectivity index (χ0) is 12.8. The van der Waals surface area contributed by atoms with Crippen molar-refractivity contribution in [1.29, 1.82) is 0 Å². The van der Waals surface area contributed by atoms with Crippen molar-refractivity contribution >= 4 is 23.4 Å². The van der Waals surface area contributed by atoms with Crippen LogP contribution in [0, 0.1) is 0 Å². The van der Waals surface area contributed by atoms with E-state index in [0.29, 0.717) is 10.6 Å². The molecule has 0 aliphatic heterocycles. The fraction of sp³-hybridized carbons (Fsp3) is 0.273. The molecular formula is C11H13ClN2O3. The van der Waals surface area contributed by atoms with E-state index >= 15 is 0 Å². The highest BCUT2D eigenvalue weighted by Gasteiger charge is 2.17. The largest absolute Gasteiger partial charge is 0.340 e. The molecule has 0 spiro atoms. The van der Waals surface area contributed by atoms with Gasteiger partial charge >= 0.3 is 0 Å². The molecule has 0 saturated carbocycles. The predicted octanol–water partition coefficient (Wildman–Crippen LogP) is 1.14. The second-order valence-corrected chi connectivity index (χ2v) is 3.75. The maximum Gasteiger partial charge on any atom is 0.265 e. The third-order valence-electron chi connectivity index (χ3n) is 2.06. The molecule has 1 rings (SSSR count). The molecule has 0 saturated heterocycles. The van der Waals surface area contributed by atoms with Gasteiger partial charge in [-0.15, -0.1) is 0 Å². The topological polar surface area (TPSA) is 67.4 Å². The average Bonchev–Trinajstić information content (AvgIpc) is 2.29. The van der Waals surface area contributed by atoms with Gasteiger partial charge in [-0.05, 0) is 19.1 Å². The van der Waals surface area contributed by atoms with Crippen molar-refractivity contribution in [3.8, 4) is 0 Å². The summed E-state index contributed by atoms with van der Waals surface area (Å²) in [5.74, 6) is -0.845. The number of carbonyl (C=O) groups is 2. The van der Waals surface area contributed by atoms with E-state index in [2.05, 4.69) is 15.6 Å². The molecule has 17 heavy (non-hydrogen) atoms. The lowest BCUT2D eigenvalue weighted by molar-refractivity contribution is -0.132. The minimum Gasteiger partial charge on any atom is -0.340 e. The smallest absolute Gasteiger partial charge is 0.265 e. The number of rotatable bonds is 4. The maximum atomic E-state index is 11.8. The van der Waals surface area contributed by atoms with Crippen molar-refractivity contribution < 1.29 is 14.4 Å². The van der Waals surface area contributed by atoms with Gasteiger partial charge in [0.05, 0.1) is 17.7 Å². The Morgan fingerprint density at radius 1 is 1.35 bits per heavy atom. The van der Waals surface area contributed by atoms with Gasteiger partial charge in [0.15, 0.2) is 0 Å². The molecule has 0 unspecified atom stereocenters. The number of hydrogen-bond donors (Lipinski definition) is 2. The Labute approximate surface area is 104 Å². The first-order chi connectivity index (χ1) is 8.06. The lowest BCUT2D eigenvalue weighted by atomic mass is 10.2. The van der Waals surface area contributed by atoms with Crippen molar-refractivity contribution in [3.05, 3.63) is 34.9 Å². The van der Waals surface area contributed by atoms with E-state index in [1.165, 1.54) is 7.11 Å². The zero-order valence-electron chi connectivity index (χ0n) is 9.49. The summed E-state index contributed by atoms with van der Waals surface area (Å²) in [6, 6.07) is 5.90. The van der Waals surface area contributed by atoms with Crippen LogP contribution in [0.3, 0.4) is 0 Å². The summed E-state index contributed by atoms with van der Waals surface area (Å²) in [4.78, 5) is 27.5. The van der Waals surface area contributed by atoms with Crippen LogP contribution in [-0.2, 0) is 9.63 Å². The summed E-state index contributed by atoms with van der Waals surface area (Å²) in [6.45, 7) is 1.54. The molecule has 0 fully saturated rings. The van der Waals surface area contributed by atoms with E-state index < -0.39 is 17.9 Å². The normalized spacial score (nSPS) is 11.7. The molecule has 0 radical (unpaired) electrons. The van der Waals surface area contributed by atoms with Gasteiger partial charge in [-0.2, -0.15) is 0 Å². The second kappa shape index (κ2) is 6.22. The zero-order valence-corrected chi connectivity index (χ0v) is 10.2. The first-order valence-electron chi connectivity index (χ1n) is 4.94. The van der Waals surface area contributed by atoms with Crippen LogP contribution >= 0.6 is 11.6 Å². The predicted molar refractivity (Wildman–Crippen MR) is 63.5 cm³/mol. The maximum absolute atomic E-state index is 11.8. The van der Waals surface area contributed by atoms with Crippen LogP contribution in [-0.4, -0.2) is 25.0 Å².